The highest BCUT2D eigenvalue weighted by Gasteiger charge is 2.43. The summed E-state index contributed by atoms with van der Waals surface area (Å²) in [5.74, 6) is -0.559. The summed E-state index contributed by atoms with van der Waals surface area (Å²) in [6.45, 7) is 0.0162. The molecule has 5 atom stereocenters. The lowest BCUT2D eigenvalue weighted by molar-refractivity contribution is -0.301. The van der Waals surface area contributed by atoms with E-state index in [9.17, 15) is 24.9 Å². The van der Waals surface area contributed by atoms with E-state index in [4.69, 9.17) is 14.6 Å². The number of unbranched alkanes of at least 4 members (excludes halogenated alkanes) is 2. The van der Waals surface area contributed by atoms with Crippen molar-refractivity contribution in [2.24, 2.45) is 0 Å². The van der Waals surface area contributed by atoms with Gasteiger partial charge in [-0.05, 0) is 31.4 Å². The van der Waals surface area contributed by atoms with E-state index in [0.29, 0.717) is 36.9 Å². The summed E-state index contributed by atoms with van der Waals surface area (Å²) < 4.78 is 10.7. The van der Waals surface area contributed by atoms with E-state index in [1.54, 1.807) is 24.3 Å². The van der Waals surface area contributed by atoms with Crippen molar-refractivity contribution in [2.45, 2.75) is 50.0 Å². The topological polar surface area (TPSA) is 137 Å². The van der Waals surface area contributed by atoms with Gasteiger partial charge in [-0.1, -0.05) is 12.1 Å². The molecule has 9 heteroatoms. The Labute approximate surface area is 162 Å². The van der Waals surface area contributed by atoms with Gasteiger partial charge in [-0.2, -0.15) is 0 Å². The lowest BCUT2D eigenvalue weighted by Gasteiger charge is -2.39. The molecule has 1 saturated heterocycles. The maximum Gasteiger partial charge on any atom is 0.261 e. The van der Waals surface area contributed by atoms with Gasteiger partial charge in [0.2, 0.25) is 0 Å². The van der Waals surface area contributed by atoms with Crippen molar-refractivity contribution in [1.82, 2.24) is 4.90 Å². The van der Waals surface area contributed by atoms with Crippen LogP contribution in [0.25, 0.3) is 0 Å². The largest absolute Gasteiger partial charge is 0.394 e. The number of benzene rings is 1. The average Bonchev–Trinajstić information content (AvgIpc) is 2.95. The van der Waals surface area contributed by atoms with E-state index in [0.717, 1.165) is 0 Å². The van der Waals surface area contributed by atoms with Gasteiger partial charge in [0, 0.05) is 13.2 Å². The van der Waals surface area contributed by atoms with Gasteiger partial charge in [0.15, 0.2) is 6.29 Å². The fourth-order valence-electron chi connectivity index (χ4n) is 3.40. The van der Waals surface area contributed by atoms with Gasteiger partial charge in [-0.3, -0.25) is 14.5 Å². The zero-order valence-corrected chi connectivity index (χ0v) is 15.3. The molecule has 2 aliphatic rings. The Bertz CT molecular complexity index is 674. The predicted octanol–water partition coefficient (Wildman–Crippen LogP) is -0.731. The number of carbonyl (C=O) groups excluding carboxylic acids is 2. The molecule has 0 unspecified atom stereocenters. The molecule has 0 bridgehead atoms. The van der Waals surface area contributed by atoms with Crippen LogP contribution in [0.5, 0.6) is 0 Å². The van der Waals surface area contributed by atoms with E-state index in [2.05, 4.69) is 0 Å². The molecule has 154 valence electrons. The second-order valence-corrected chi connectivity index (χ2v) is 6.94. The molecule has 0 saturated carbocycles. The molecule has 1 fully saturated rings. The standard InChI is InChI=1S/C19H25NO8/c21-10-13-14(22)15(23)16(24)19(28-13)27-9-5-1-4-8-20-17(25)11-6-2-3-7-12(11)18(20)26/h2-3,6-7,13-16,19,21-24H,1,4-5,8-10H2/t13-,14-,15+,16-,19+/m1/s1. The highest BCUT2D eigenvalue weighted by atomic mass is 16.7. The molecular formula is C19H25NO8. The summed E-state index contributed by atoms with van der Waals surface area (Å²) in [4.78, 5) is 25.8. The monoisotopic (exact) mass is 395 g/mol. The Hall–Kier alpha value is -1.88. The minimum Gasteiger partial charge on any atom is -0.394 e. The first-order valence-corrected chi connectivity index (χ1v) is 9.33. The Morgan fingerprint density at radius 2 is 1.57 bits per heavy atom. The highest BCUT2D eigenvalue weighted by Crippen LogP contribution is 2.24. The maximum absolute atomic E-state index is 12.3. The summed E-state index contributed by atoms with van der Waals surface area (Å²) in [6.07, 6.45) is -4.60. The number of aliphatic hydroxyl groups is 4. The van der Waals surface area contributed by atoms with Crippen molar-refractivity contribution >= 4 is 11.8 Å². The summed E-state index contributed by atoms with van der Waals surface area (Å²) in [7, 11) is 0. The molecule has 4 N–H and O–H groups in total. The average molecular weight is 395 g/mol. The SMILES string of the molecule is O=C1c2ccccc2C(=O)N1CCCCCO[C@H]1O[C@H](CO)[C@@H](O)[C@H](O)[C@H]1O. The third-order valence-electron chi connectivity index (χ3n) is 5.03. The summed E-state index contributed by atoms with van der Waals surface area (Å²) in [5.41, 5.74) is 0.858. The molecule has 2 heterocycles. The van der Waals surface area contributed by atoms with Gasteiger partial charge < -0.3 is 29.9 Å². The molecule has 28 heavy (non-hydrogen) atoms. The van der Waals surface area contributed by atoms with Gasteiger partial charge in [0.25, 0.3) is 11.8 Å². The zero-order valence-electron chi connectivity index (χ0n) is 15.3. The second-order valence-electron chi connectivity index (χ2n) is 6.94. The van der Waals surface area contributed by atoms with Gasteiger partial charge in [0.05, 0.1) is 17.7 Å². The van der Waals surface area contributed by atoms with Gasteiger partial charge >= 0.3 is 0 Å². The number of imide groups is 1. The fraction of sp³-hybridized carbons (Fsp3) is 0.579. The van der Waals surface area contributed by atoms with Crippen molar-refractivity contribution in [3.05, 3.63) is 35.4 Å². The maximum atomic E-state index is 12.3. The second kappa shape index (κ2) is 9.08. The van der Waals surface area contributed by atoms with Crippen LogP contribution in [0, 0.1) is 0 Å². The van der Waals surface area contributed by atoms with Crippen LogP contribution in [-0.2, 0) is 9.47 Å². The van der Waals surface area contributed by atoms with Crippen LogP contribution in [0.1, 0.15) is 40.0 Å². The Kier molecular flexibility index (Phi) is 6.76. The number of rotatable bonds is 8. The third kappa shape index (κ3) is 4.09. The summed E-state index contributed by atoms with van der Waals surface area (Å²) in [5, 5.41) is 38.5. The van der Waals surface area contributed by atoms with Crippen LogP contribution in [0.15, 0.2) is 24.3 Å². The van der Waals surface area contributed by atoms with Crippen LogP contribution >= 0.6 is 0 Å². The minimum absolute atomic E-state index is 0.213. The number of fused-ring (bicyclic) bond motifs is 1. The van der Waals surface area contributed by atoms with E-state index in [-0.39, 0.29) is 18.4 Å². The van der Waals surface area contributed by atoms with Crippen molar-refractivity contribution < 1.29 is 39.5 Å². The minimum atomic E-state index is -1.47. The Morgan fingerprint density at radius 3 is 2.18 bits per heavy atom. The van der Waals surface area contributed by atoms with Crippen LogP contribution in [0.2, 0.25) is 0 Å². The van der Waals surface area contributed by atoms with E-state index in [1.807, 2.05) is 0 Å². The van der Waals surface area contributed by atoms with Crippen molar-refractivity contribution in [2.75, 3.05) is 19.8 Å². The third-order valence-corrected chi connectivity index (χ3v) is 5.03. The van der Waals surface area contributed by atoms with Crippen molar-refractivity contribution in [3.8, 4) is 0 Å². The van der Waals surface area contributed by atoms with E-state index in [1.165, 1.54) is 4.90 Å². The van der Waals surface area contributed by atoms with Gasteiger partial charge in [0.1, 0.15) is 24.4 Å². The summed E-state index contributed by atoms with van der Waals surface area (Å²) in [6, 6.07) is 6.74. The number of carbonyl (C=O) groups is 2. The highest BCUT2D eigenvalue weighted by molar-refractivity contribution is 6.21. The normalized spacial score (nSPS) is 30.0. The lowest BCUT2D eigenvalue weighted by Crippen LogP contribution is -2.59. The van der Waals surface area contributed by atoms with Crippen LogP contribution in [0.4, 0.5) is 0 Å². The molecule has 3 rings (SSSR count). The number of hydrogen-bond donors (Lipinski definition) is 4. The molecule has 2 aliphatic heterocycles. The molecular weight excluding hydrogens is 370 g/mol. The quantitative estimate of drug-likeness (QED) is 0.334. The Morgan fingerprint density at radius 1 is 0.929 bits per heavy atom. The number of amides is 2. The first-order chi connectivity index (χ1) is 13.5. The number of nitrogens with zero attached hydrogens (tertiary/aromatic N) is 1. The molecule has 0 spiro atoms. The molecule has 1 aromatic carbocycles. The van der Waals surface area contributed by atoms with Crippen molar-refractivity contribution in [3.63, 3.8) is 0 Å². The molecule has 0 aliphatic carbocycles. The first kappa shape index (κ1) is 20.8. The van der Waals surface area contributed by atoms with Gasteiger partial charge in [-0.25, -0.2) is 0 Å². The lowest BCUT2D eigenvalue weighted by atomic mass is 9.99. The fourth-order valence-corrected chi connectivity index (χ4v) is 3.40. The molecule has 9 nitrogen and oxygen atoms in total. The first-order valence-electron chi connectivity index (χ1n) is 9.33. The molecule has 1 aromatic rings. The van der Waals surface area contributed by atoms with Gasteiger partial charge in [-0.15, -0.1) is 0 Å². The Balaban J connectivity index is 1.38. The predicted molar refractivity (Wildman–Crippen MR) is 95.4 cm³/mol. The van der Waals surface area contributed by atoms with E-state index >= 15 is 0 Å². The smallest absolute Gasteiger partial charge is 0.261 e. The van der Waals surface area contributed by atoms with Crippen LogP contribution in [-0.4, -0.2) is 87.6 Å². The molecule has 0 aromatic heterocycles. The van der Waals surface area contributed by atoms with Crippen LogP contribution < -0.4 is 0 Å². The number of aliphatic hydroxyl groups excluding tert-OH is 4. The number of ether oxygens (including phenoxy) is 2. The number of hydrogen-bond acceptors (Lipinski definition) is 8. The zero-order chi connectivity index (χ0) is 20.3. The van der Waals surface area contributed by atoms with E-state index < -0.39 is 37.3 Å². The molecule has 0 radical (unpaired) electrons. The molecule has 2 amide bonds. The van der Waals surface area contributed by atoms with Crippen LogP contribution in [0.3, 0.4) is 0 Å². The van der Waals surface area contributed by atoms with Crippen molar-refractivity contribution in [1.29, 1.82) is 0 Å². The summed E-state index contributed by atoms with van der Waals surface area (Å²) >= 11 is 0.